The zero-order chi connectivity index (χ0) is 15.8. The second-order valence-electron chi connectivity index (χ2n) is 4.82. The van der Waals surface area contributed by atoms with Crippen molar-refractivity contribution < 1.29 is 14.3 Å². The molecule has 0 fully saturated rings. The lowest BCUT2D eigenvalue weighted by Gasteiger charge is -2.15. The van der Waals surface area contributed by atoms with Gasteiger partial charge < -0.3 is 14.8 Å². The van der Waals surface area contributed by atoms with Crippen molar-refractivity contribution >= 4 is 28.6 Å². The maximum Gasteiger partial charge on any atom is 0.281 e. The number of hydrogen-bond acceptors (Lipinski definition) is 6. The Morgan fingerprint density at radius 3 is 3.09 bits per heavy atom. The number of thiophene rings is 1. The van der Waals surface area contributed by atoms with Crippen LogP contribution in [0.5, 0.6) is 11.5 Å². The zero-order valence-corrected chi connectivity index (χ0v) is 12.6. The first-order valence-corrected chi connectivity index (χ1v) is 7.77. The van der Waals surface area contributed by atoms with Gasteiger partial charge in [-0.15, -0.1) is 11.3 Å². The van der Waals surface area contributed by atoms with Gasteiger partial charge in [-0.3, -0.25) is 14.0 Å². The molecule has 1 aliphatic rings. The summed E-state index contributed by atoms with van der Waals surface area (Å²) in [5.41, 5.74) is 0.282. The van der Waals surface area contributed by atoms with E-state index in [2.05, 4.69) is 10.3 Å². The van der Waals surface area contributed by atoms with Crippen LogP contribution in [0.15, 0.2) is 40.8 Å². The summed E-state index contributed by atoms with van der Waals surface area (Å²) in [5, 5.41) is 4.31. The summed E-state index contributed by atoms with van der Waals surface area (Å²) in [4.78, 5) is 29.3. The highest BCUT2D eigenvalue weighted by Gasteiger charge is 2.24. The summed E-state index contributed by atoms with van der Waals surface area (Å²) in [6.07, 6.45) is 2.96. The Morgan fingerprint density at radius 1 is 1.30 bits per heavy atom. The van der Waals surface area contributed by atoms with Gasteiger partial charge >= 0.3 is 0 Å². The molecule has 3 aromatic heterocycles. The SMILES string of the molecule is O=C(Nc1cnc2ccccn2c1=O)c1scc2c1OCCO2. The highest BCUT2D eigenvalue weighted by molar-refractivity contribution is 7.13. The van der Waals surface area contributed by atoms with E-state index in [1.165, 1.54) is 21.9 Å². The Morgan fingerprint density at radius 2 is 2.17 bits per heavy atom. The van der Waals surface area contributed by atoms with Crippen LogP contribution < -0.4 is 20.3 Å². The first-order valence-electron chi connectivity index (χ1n) is 6.89. The van der Waals surface area contributed by atoms with E-state index in [-0.39, 0.29) is 11.2 Å². The smallest absolute Gasteiger partial charge is 0.281 e. The Bertz CT molecular complexity index is 963. The number of nitrogens with zero attached hydrogens (tertiary/aromatic N) is 2. The molecule has 0 aliphatic carbocycles. The van der Waals surface area contributed by atoms with Crippen LogP contribution in [0.2, 0.25) is 0 Å². The van der Waals surface area contributed by atoms with E-state index in [1.807, 2.05) is 0 Å². The number of carbonyl (C=O) groups excluding carboxylic acids is 1. The summed E-state index contributed by atoms with van der Waals surface area (Å²) in [7, 11) is 0. The zero-order valence-electron chi connectivity index (χ0n) is 11.8. The fourth-order valence-corrected chi connectivity index (χ4v) is 3.14. The monoisotopic (exact) mass is 329 g/mol. The fourth-order valence-electron chi connectivity index (χ4n) is 2.31. The third-order valence-corrected chi connectivity index (χ3v) is 4.31. The summed E-state index contributed by atoms with van der Waals surface area (Å²) < 4.78 is 12.3. The molecule has 7 nitrogen and oxygen atoms in total. The van der Waals surface area contributed by atoms with Gasteiger partial charge in [-0.1, -0.05) is 6.07 Å². The minimum Gasteiger partial charge on any atom is -0.485 e. The van der Waals surface area contributed by atoms with Gasteiger partial charge in [0.2, 0.25) is 0 Å². The highest BCUT2D eigenvalue weighted by Crippen LogP contribution is 2.39. The summed E-state index contributed by atoms with van der Waals surface area (Å²) in [6, 6.07) is 5.23. The molecule has 1 amide bonds. The van der Waals surface area contributed by atoms with Crippen LogP contribution in [0.25, 0.3) is 5.65 Å². The van der Waals surface area contributed by atoms with E-state index < -0.39 is 5.91 Å². The molecule has 4 rings (SSSR count). The molecular weight excluding hydrogens is 318 g/mol. The number of ether oxygens (including phenoxy) is 2. The predicted molar refractivity (Wildman–Crippen MR) is 84.7 cm³/mol. The number of fused-ring (bicyclic) bond motifs is 2. The van der Waals surface area contributed by atoms with Crippen LogP contribution in [-0.4, -0.2) is 28.5 Å². The van der Waals surface area contributed by atoms with E-state index in [0.29, 0.717) is 35.2 Å². The van der Waals surface area contributed by atoms with Crippen molar-refractivity contribution in [3.8, 4) is 11.5 Å². The van der Waals surface area contributed by atoms with Gasteiger partial charge in [-0.05, 0) is 12.1 Å². The van der Waals surface area contributed by atoms with Crippen LogP contribution in [0.4, 0.5) is 5.69 Å². The highest BCUT2D eigenvalue weighted by atomic mass is 32.1. The quantitative estimate of drug-likeness (QED) is 0.775. The molecule has 0 bridgehead atoms. The second kappa shape index (κ2) is 5.40. The number of rotatable bonds is 2. The van der Waals surface area contributed by atoms with Crippen molar-refractivity contribution in [3.63, 3.8) is 0 Å². The van der Waals surface area contributed by atoms with Crippen molar-refractivity contribution in [2.24, 2.45) is 0 Å². The number of carbonyl (C=O) groups is 1. The third-order valence-electron chi connectivity index (χ3n) is 3.37. The van der Waals surface area contributed by atoms with Crippen LogP contribution in [0.1, 0.15) is 9.67 Å². The topological polar surface area (TPSA) is 81.9 Å². The molecule has 3 aromatic rings. The lowest BCUT2D eigenvalue weighted by Crippen LogP contribution is -2.23. The maximum atomic E-state index is 12.4. The lowest BCUT2D eigenvalue weighted by molar-refractivity contribution is 0.102. The summed E-state index contributed by atoms with van der Waals surface area (Å²) >= 11 is 1.21. The van der Waals surface area contributed by atoms with Gasteiger partial charge in [-0.25, -0.2) is 4.98 Å². The number of nitrogens with one attached hydrogen (secondary N) is 1. The molecule has 1 N–H and O–H groups in total. The Hall–Kier alpha value is -2.87. The fraction of sp³-hybridized carbons (Fsp3) is 0.133. The molecule has 0 radical (unpaired) electrons. The molecule has 0 saturated carbocycles. The van der Waals surface area contributed by atoms with Gasteiger partial charge in [0.25, 0.3) is 11.5 Å². The van der Waals surface area contributed by atoms with Gasteiger partial charge in [0.15, 0.2) is 11.5 Å². The number of pyridine rings is 1. The van der Waals surface area contributed by atoms with E-state index >= 15 is 0 Å². The van der Waals surface area contributed by atoms with Gasteiger partial charge in [0.05, 0.1) is 6.20 Å². The minimum absolute atomic E-state index is 0.109. The molecule has 0 aromatic carbocycles. The van der Waals surface area contributed by atoms with Crippen LogP contribution in [0.3, 0.4) is 0 Å². The normalized spacial score (nSPS) is 13.0. The Balaban J connectivity index is 1.68. The maximum absolute atomic E-state index is 12.4. The van der Waals surface area contributed by atoms with Crippen molar-refractivity contribution in [1.82, 2.24) is 9.38 Å². The van der Waals surface area contributed by atoms with E-state index in [9.17, 15) is 9.59 Å². The van der Waals surface area contributed by atoms with Gasteiger partial charge in [-0.2, -0.15) is 0 Å². The molecule has 23 heavy (non-hydrogen) atoms. The molecule has 0 atom stereocenters. The molecule has 8 heteroatoms. The summed E-state index contributed by atoms with van der Waals surface area (Å²) in [6.45, 7) is 0.852. The number of amides is 1. The number of anilines is 1. The molecule has 0 unspecified atom stereocenters. The van der Waals surface area contributed by atoms with E-state index in [4.69, 9.17) is 9.47 Å². The first kappa shape index (κ1) is 13.8. The first-order chi connectivity index (χ1) is 11.2. The molecule has 1 aliphatic heterocycles. The average Bonchev–Trinajstić information content (AvgIpc) is 3.02. The lowest BCUT2D eigenvalue weighted by atomic mass is 10.3. The van der Waals surface area contributed by atoms with Gasteiger partial charge in [0.1, 0.15) is 29.4 Å². The van der Waals surface area contributed by atoms with Crippen LogP contribution in [0, 0.1) is 0 Å². The number of aromatic nitrogens is 2. The second-order valence-corrected chi connectivity index (χ2v) is 5.69. The van der Waals surface area contributed by atoms with Crippen LogP contribution in [-0.2, 0) is 0 Å². The number of hydrogen-bond donors (Lipinski definition) is 1. The largest absolute Gasteiger partial charge is 0.485 e. The van der Waals surface area contributed by atoms with Crippen molar-refractivity contribution in [3.05, 3.63) is 51.2 Å². The molecule has 116 valence electrons. The van der Waals surface area contributed by atoms with Crippen molar-refractivity contribution in [2.45, 2.75) is 0 Å². The van der Waals surface area contributed by atoms with E-state index in [1.54, 1.807) is 29.8 Å². The standard InChI is InChI=1S/C15H11N3O4S/c19-14(13-12-10(8-23-13)21-5-6-22-12)17-9-7-16-11-3-1-2-4-18(11)15(9)20/h1-4,7-8H,5-6H2,(H,17,19). The Labute approximate surface area is 134 Å². The van der Waals surface area contributed by atoms with Crippen molar-refractivity contribution in [1.29, 1.82) is 0 Å². The average molecular weight is 329 g/mol. The molecular formula is C15H11N3O4S. The van der Waals surface area contributed by atoms with E-state index in [0.717, 1.165) is 0 Å². The van der Waals surface area contributed by atoms with Gasteiger partial charge in [0, 0.05) is 11.6 Å². The minimum atomic E-state index is -0.420. The Kier molecular flexibility index (Phi) is 3.23. The molecule has 4 heterocycles. The molecule has 0 saturated heterocycles. The van der Waals surface area contributed by atoms with Crippen molar-refractivity contribution in [2.75, 3.05) is 18.5 Å². The van der Waals surface area contributed by atoms with Crippen LogP contribution >= 0.6 is 11.3 Å². The summed E-state index contributed by atoms with van der Waals surface area (Å²) in [5.74, 6) is 0.559. The molecule has 0 spiro atoms. The third kappa shape index (κ3) is 2.33. The predicted octanol–water partition coefficient (Wildman–Crippen LogP) is 1.78.